The molecule has 3 fully saturated rings. The molecule has 1 N–H and O–H groups in total. The van der Waals surface area contributed by atoms with Crippen LogP contribution in [0.2, 0.25) is 10.0 Å². The molecule has 36 heavy (non-hydrogen) atoms. The molecule has 0 radical (unpaired) electrons. The van der Waals surface area contributed by atoms with Crippen molar-refractivity contribution in [2.75, 3.05) is 35.8 Å². The molecule has 3 aliphatic rings. The number of hydrogen-bond donors (Lipinski definition) is 1. The van der Waals surface area contributed by atoms with Gasteiger partial charge >= 0.3 is 0 Å². The highest BCUT2D eigenvalue weighted by Crippen LogP contribution is 2.49. The van der Waals surface area contributed by atoms with Crippen LogP contribution >= 0.6 is 23.2 Å². The van der Waals surface area contributed by atoms with E-state index in [0.29, 0.717) is 11.7 Å². The molecule has 0 bridgehead atoms. The molecule has 0 unspecified atom stereocenters. The number of benzene rings is 1. The van der Waals surface area contributed by atoms with Gasteiger partial charge in [-0.15, -0.1) is 0 Å². The van der Waals surface area contributed by atoms with E-state index in [1.165, 1.54) is 43.9 Å². The highest BCUT2D eigenvalue weighted by molar-refractivity contribution is 7.92. The van der Waals surface area contributed by atoms with Gasteiger partial charge in [0, 0.05) is 31.1 Å². The Labute approximate surface area is 221 Å². The Morgan fingerprint density at radius 2 is 1.94 bits per heavy atom. The number of nitrogens with one attached hydrogen (secondary N) is 1. The van der Waals surface area contributed by atoms with E-state index in [1.807, 2.05) is 4.90 Å². The van der Waals surface area contributed by atoms with Crippen molar-refractivity contribution in [1.29, 1.82) is 0 Å². The molecule has 196 valence electrons. The minimum Gasteiger partial charge on any atom is -0.369 e. The van der Waals surface area contributed by atoms with Gasteiger partial charge in [0.25, 0.3) is 10.0 Å². The number of anilines is 2. The summed E-state index contributed by atoms with van der Waals surface area (Å²) in [6, 6.07) is 5.59. The predicted octanol–water partition coefficient (Wildman–Crippen LogP) is 5.95. The summed E-state index contributed by atoms with van der Waals surface area (Å²) in [5.74, 6) is -1.56. The molecule has 11 heteroatoms. The lowest BCUT2D eigenvalue weighted by molar-refractivity contribution is 0.0330. The number of halogens is 4. The average Bonchev–Trinajstić information content (AvgIpc) is 2.79. The first kappa shape index (κ1) is 25.9. The number of sulfonamides is 1. The second-order valence-electron chi connectivity index (χ2n) is 10.6. The SMILES string of the molecule is C[C@@H]1CCCN([C@H]2CCCC3(C2)CN(c2cc(Cl)c(S(=O)(=O)Nc4cccc(F)n4)c(F)c2Cl)C3)C1. The molecule has 2 atom stereocenters. The summed E-state index contributed by atoms with van der Waals surface area (Å²) in [6.07, 6.45) is 7.17. The molecule has 1 aliphatic carbocycles. The number of aromatic nitrogens is 1. The minimum absolute atomic E-state index is 0.158. The fourth-order valence-electron chi connectivity index (χ4n) is 6.20. The van der Waals surface area contributed by atoms with Crippen molar-refractivity contribution in [1.82, 2.24) is 9.88 Å². The molecule has 1 aromatic carbocycles. The van der Waals surface area contributed by atoms with Gasteiger partial charge in [0.1, 0.15) is 15.7 Å². The molecule has 2 saturated heterocycles. The molecule has 1 saturated carbocycles. The van der Waals surface area contributed by atoms with Crippen LogP contribution in [-0.4, -0.2) is 50.5 Å². The van der Waals surface area contributed by atoms with Gasteiger partial charge in [0.2, 0.25) is 5.95 Å². The number of pyridine rings is 1. The maximum atomic E-state index is 15.3. The second kappa shape index (κ2) is 9.89. The minimum atomic E-state index is -4.49. The summed E-state index contributed by atoms with van der Waals surface area (Å²) in [6.45, 7) is 6.12. The lowest BCUT2D eigenvalue weighted by Gasteiger charge is -2.56. The van der Waals surface area contributed by atoms with Crippen LogP contribution in [0.5, 0.6) is 0 Å². The topological polar surface area (TPSA) is 65.5 Å². The summed E-state index contributed by atoms with van der Waals surface area (Å²) in [7, 11) is -4.49. The van der Waals surface area contributed by atoms with Gasteiger partial charge < -0.3 is 9.80 Å². The average molecular weight is 560 g/mol. The summed E-state index contributed by atoms with van der Waals surface area (Å²) in [4.78, 5) is 7.31. The zero-order valence-electron chi connectivity index (χ0n) is 20.1. The van der Waals surface area contributed by atoms with Gasteiger partial charge in [-0.2, -0.15) is 4.39 Å². The third-order valence-corrected chi connectivity index (χ3v) is 10.0. The lowest BCUT2D eigenvalue weighted by Crippen LogP contribution is -2.61. The van der Waals surface area contributed by atoms with E-state index < -0.39 is 26.7 Å². The van der Waals surface area contributed by atoms with Crippen LogP contribution in [-0.2, 0) is 10.0 Å². The van der Waals surface area contributed by atoms with Crippen molar-refractivity contribution in [3.8, 4) is 0 Å². The predicted molar refractivity (Wildman–Crippen MR) is 138 cm³/mol. The molecule has 0 amide bonds. The van der Waals surface area contributed by atoms with Crippen LogP contribution in [0.4, 0.5) is 20.3 Å². The fraction of sp³-hybridized carbons (Fsp3) is 0.560. The summed E-state index contributed by atoms with van der Waals surface area (Å²) >= 11 is 12.6. The van der Waals surface area contributed by atoms with E-state index in [9.17, 15) is 12.8 Å². The van der Waals surface area contributed by atoms with E-state index >= 15 is 4.39 Å². The molecule has 1 spiro atoms. The summed E-state index contributed by atoms with van der Waals surface area (Å²) in [5.41, 5.74) is 0.548. The third-order valence-electron chi connectivity index (χ3n) is 7.83. The zero-order chi connectivity index (χ0) is 25.7. The van der Waals surface area contributed by atoms with E-state index in [2.05, 4.69) is 21.5 Å². The molecule has 5 rings (SSSR count). The van der Waals surface area contributed by atoms with Gasteiger partial charge in [-0.3, -0.25) is 4.72 Å². The Hall–Kier alpha value is -1.68. The lowest BCUT2D eigenvalue weighted by atomic mass is 9.66. The van der Waals surface area contributed by atoms with Crippen LogP contribution in [0, 0.1) is 23.1 Å². The second-order valence-corrected chi connectivity index (χ2v) is 13.0. The van der Waals surface area contributed by atoms with Gasteiger partial charge in [0.15, 0.2) is 5.82 Å². The summed E-state index contributed by atoms with van der Waals surface area (Å²) in [5, 5.41) is -0.584. The number of rotatable bonds is 5. The van der Waals surface area contributed by atoms with Crippen molar-refractivity contribution >= 4 is 44.7 Å². The standard InChI is InChI=1S/C25H30Cl2F2N4O2S/c1-16-5-4-10-32(13-16)17-6-3-9-25(12-17)14-33(15-25)19-11-18(26)24(23(29)22(19)27)36(34,35)31-21-8-2-7-20(28)30-21/h2,7-8,11,16-17H,3-6,9-10,12-15H2,1H3,(H,30,31)/t16-,17+/m1/s1. The highest BCUT2D eigenvalue weighted by Gasteiger charge is 2.48. The number of likely N-dealkylation sites (tertiary alicyclic amines) is 1. The molecule has 1 aromatic heterocycles. The van der Waals surface area contributed by atoms with E-state index in [4.69, 9.17) is 23.2 Å². The first-order chi connectivity index (χ1) is 17.1. The smallest absolute Gasteiger partial charge is 0.267 e. The molecular formula is C25H30Cl2F2N4O2S. The van der Waals surface area contributed by atoms with Crippen LogP contribution in [0.3, 0.4) is 0 Å². The monoisotopic (exact) mass is 558 g/mol. The Morgan fingerprint density at radius 1 is 1.17 bits per heavy atom. The van der Waals surface area contributed by atoms with E-state index in [-0.39, 0.29) is 21.3 Å². The largest absolute Gasteiger partial charge is 0.369 e. The molecule has 2 aliphatic heterocycles. The molecular weight excluding hydrogens is 529 g/mol. The normalized spacial score (nSPS) is 24.5. The van der Waals surface area contributed by atoms with Crippen LogP contribution in [0.1, 0.15) is 45.4 Å². The molecule has 6 nitrogen and oxygen atoms in total. The van der Waals surface area contributed by atoms with Crippen molar-refractivity contribution in [3.05, 3.63) is 46.1 Å². The highest BCUT2D eigenvalue weighted by atomic mass is 35.5. The van der Waals surface area contributed by atoms with E-state index in [0.717, 1.165) is 51.0 Å². The quantitative estimate of drug-likeness (QED) is 0.363. The maximum Gasteiger partial charge on any atom is 0.267 e. The van der Waals surface area contributed by atoms with Crippen LogP contribution in [0.25, 0.3) is 0 Å². The van der Waals surface area contributed by atoms with E-state index in [1.54, 1.807) is 0 Å². The molecule has 3 heterocycles. The van der Waals surface area contributed by atoms with Crippen molar-refractivity contribution in [2.45, 2.75) is 56.4 Å². The van der Waals surface area contributed by atoms with Gasteiger partial charge in [-0.25, -0.2) is 17.8 Å². The zero-order valence-corrected chi connectivity index (χ0v) is 22.4. The first-order valence-corrected chi connectivity index (χ1v) is 14.6. The Kier molecular flexibility index (Phi) is 7.13. The van der Waals surface area contributed by atoms with Crippen LogP contribution < -0.4 is 9.62 Å². The van der Waals surface area contributed by atoms with Gasteiger partial charge in [-0.1, -0.05) is 42.6 Å². The third kappa shape index (κ3) is 5.04. The van der Waals surface area contributed by atoms with Crippen molar-refractivity contribution in [2.24, 2.45) is 11.3 Å². The van der Waals surface area contributed by atoms with Gasteiger partial charge in [-0.05, 0) is 62.8 Å². The Morgan fingerprint density at radius 3 is 2.67 bits per heavy atom. The maximum absolute atomic E-state index is 15.3. The molecule has 2 aromatic rings. The first-order valence-electron chi connectivity index (χ1n) is 12.4. The summed E-state index contributed by atoms with van der Waals surface area (Å²) < 4.78 is 56.5. The fourth-order valence-corrected chi connectivity index (χ4v) is 8.16. The number of piperidine rings is 1. The van der Waals surface area contributed by atoms with Crippen molar-refractivity contribution in [3.63, 3.8) is 0 Å². The van der Waals surface area contributed by atoms with Gasteiger partial charge in [0.05, 0.1) is 10.7 Å². The Balaban J connectivity index is 1.32. The number of hydrogen-bond acceptors (Lipinski definition) is 5. The Bertz CT molecular complexity index is 1260. The van der Waals surface area contributed by atoms with Crippen molar-refractivity contribution < 1.29 is 17.2 Å². The number of nitrogens with zero attached hydrogens (tertiary/aromatic N) is 3. The van der Waals surface area contributed by atoms with Crippen LogP contribution in [0.15, 0.2) is 29.2 Å².